The number of aromatic nitrogens is 2. The summed E-state index contributed by atoms with van der Waals surface area (Å²) >= 11 is 7.19. The number of Topliss-reactive ketones (excluding diaryl/α,β-unsaturated/α-hetero) is 1. The van der Waals surface area contributed by atoms with Crippen LogP contribution in [0.25, 0.3) is 22.5 Å². The van der Waals surface area contributed by atoms with Crippen molar-refractivity contribution in [1.82, 2.24) is 10.1 Å². The van der Waals surface area contributed by atoms with E-state index in [0.29, 0.717) is 10.6 Å². The molecular formula is C22H15ClFN3O3S. The van der Waals surface area contributed by atoms with E-state index in [1.807, 2.05) is 30.3 Å². The number of ketones is 1. The minimum Gasteiger partial charge on any atom is -0.360 e. The van der Waals surface area contributed by atoms with Crippen LogP contribution in [0.15, 0.2) is 53.1 Å². The molecule has 2 aromatic carbocycles. The first kappa shape index (κ1) is 20.9. The second-order valence-corrected chi connectivity index (χ2v) is 8.04. The van der Waals surface area contributed by atoms with Crippen LogP contribution in [0.1, 0.15) is 32.7 Å². The molecule has 1 amide bonds. The topological polar surface area (TPSA) is 85.1 Å². The second kappa shape index (κ2) is 8.41. The molecule has 9 heteroatoms. The quantitative estimate of drug-likeness (QED) is 0.372. The van der Waals surface area contributed by atoms with Crippen molar-refractivity contribution in [2.24, 2.45) is 0 Å². The fraction of sp³-hybridized carbons (Fsp3) is 0.0909. The van der Waals surface area contributed by atoms with Crippen LogP contribution >= 0.6 is 22.9 Å². The lowest BCUT2D eigenvalue weighted by Gasteiger charge is -2.05. The Hall–Kier alpha value is -3.36. The van der Waals surface area contributed by atoms with Crippen LogP contribution in [0.2, 0.25) is 5.02 Å². The van der Waals surface area contributed by atoms with Crippen LogP contribution in [0.4, 0.5) is 9.52 Å². The van der Waals surface area contributed by atoms with E-state index in [1.54, 1.807) is 6.92 Å². The molecule has 0 aliphatic rings. The Morgan fingerprint density at radius 1 is 1.10 bits per heavy atom. The molecule has 0 saturated heterocycles. The third kappa shape index (κ3) is 3.99. The van der Waals surface area contributed by atoms with E-state index < -0.39 is 11.7 Å². The zero-order valence-electron chi connectivity index (χ0n) is 16.4. The van der Waals surface area contributed by atoms with Gasteiger partial charge in [-0.05, 0) is 19.1 Å². The first-order valence-electron chi connectivity index (χ1n) is 9.16. The Balaban J connectivity index is 1.72. The molecule has 6 nitrogen and oxygen atoms in total. The molecule has 2 heterocycles. The highest BCUT2D eigenvalue weighted by atomic mass is 35.5. The van der Waals surface area contributed by atoms with Crippen molar-refractivity contribution in [2.75, 3.05) is 5.32 Å². The maximum Gasteiger partial charge on any atom is 0.263 e. The van der Waals surface area contributed by atoms with Gasteiger partial charge in [-0.3, -0.25) is 14.9 Å². The van der Waals surface area contributed by atoms with Crippen molar-refractivity contribution >= 4 is 39.8 Å². The van der Waals surface area contributed by atoms with Crippen molar-refractivity contribution in [3.8, 4) is 22.5 Å². The first-order valence-corrected chi connectivity index (χ1v) is 10.4. The number of nitrogens with zero attached hydrogens (tertiary/aromatic N) is 2. The Morgan fingerprint density at radius 2 is 1.84 bits per heavy atom. The summed E-state index contributed by atoms with van der Waals surface area (Å²) in [6, 6.07) is 13.4. The molecule has 0 aliphatic heterocycles. The van der Waals surface area contributed by atoms with Gasteiger partial charge in [0.05, 0.1) is 21.2 Å². The van der Waals surface area contributed by atoms with Gasteiger partial charge in [-0.15, -0.1) is 0 Å². The van der Waals surface area contributed by atoms with Crippen molar-refractivity contribution in [2.45, 2.75) is 13.8 Å². The molecule has 0 radical (unpaired) electrons. The average molecular weight is 456 g/mol. The largest absolute Gasteiger partial charge is 0.360 e. The van der Waals surface area contributed by atoms with Gasteiger partial charge in [-0.2, -0.15) is 0 Å². The predicted octanol–water partition coefficient (Wildman–Crippen LogP) is 6.02. The van der Waals surface area contributed by atoms with Crippen molar-refractivity contribution < 1.29 is 18.5 Å². The summed E-state index contributed by atoms with van der Waals surface area (Å²) in [6.07, 6.45) is 0. The van der Waals surface area contributed by atoms with Gasteiger partial charge in [0.15, 0.2) is 10.9 Å². The molecule has 1 N–H and O–H groups in total. The number of carbonyl (C=O) groups excluding carboxylic acids is 2. The summed E-state index contributed by atoms with van der Waals surface area (Å²) in [5.74, 6) is -1.21. The predicted molar refractivity (Wildman–Crippen MR) is 117 cm³/mol. The molecule has 4 rings (SSSR count). The van der Waals surface area contributed by atoms with E-state index in [1.165, 1.54) is 25.1 Å². The Morgan fingerprint density at radius 3 is 2.52 bits per heavy atom. The maximum absolute atomic E-state index is 14.4. The second-order valence-electron chi connectivity index (χ2n) is 6.63. The number of hydrogen-bond donors (Lipinski definition) is 1. The molecule has 0 fully saturated rings. The molecule has 4 aromatic rings. The lowest BCUT2D eigenvalue weighted by molar-refractivity contribution is 0.101. The molecular weight excluding hydrogens is 441 g/mol. The van der Waals surface area contributed by atoms with Gasteiger partial charge in [0.2, 0.25) is 0 Å². The van der Waals surface area contributed by atoms with E-state index in [2.05, 4.69) is 15.5 Å². The minimum atomic E-state index is -0.630. The minimum absolute atomic E-state index is 0.00951. The molecule has 2 aromatic heterocycles. The standard InChI is InChI=1S/C22H15ClFN3O3S/c1-11(28)20-18(13-7-4-3-5-8-13)25-22(31-20)26-21(29)16-12(2)30-27-19(16)17-14(23)9-6-10-15(17)24/h3-10H,1-2H3,(H,25,26,29). The van der Waals surface area contributed by atoms with Gasteiger partial charge in [-0.1, -0.05) is 64.5 Å². The van der Waals surface area contributed by atoms with Crippen LogP contribution < -0.4 is 5.32 Å². The summed E-state index contributed by atoms with van der Waals surface area (Å²) in [5.41, 5.74) is 1.23. The normalized spacial score (nSPS) is 10.8. The fourth-order valence-corrected chi connectivity index (χ4v) is 4.23. The molecule has 0 spiro atoms. The number of thiazole rings is 1. The Bertz CT molecular complexity index is 1280. The highest BCUT2D eigenvalue weighted by Gasteiger charge is 2.27. The van der Waals surface area contributed by atoms with Crippen molar-refractivity contribution in [3.63, 3.8) is 0 Å². The summed E-state index contributed by atoms with van der Waals surface area (Å²) in [7, 11) is 0. The van der Waals surface area contributed by atoms with Gasteiger partial charge in [0.1, 0.15) is 22.8 Å². The Labute approximate surface area is 185 Å². The molecule has 156 valence electrons. The average Bonchev–Trinajstić information content (AvgIpc) is 3.32. The monoisotopic (exact) mass is 455 g/mol. The highest BCUT2D eigenvalue weighted by Crippen LogP contribution is 2.35. The number of halogens is 2. The Kier molecular flexibility index (Phi) is 5.67. The van der Waals surface area contributed by atoms with Gasteiger partial charge in [0, 0.05) is 12.5 Å². The molecule has 0 bridgehead atoms. The van der Waals surface area contributed by atoms with Gasteiger partial charge in [0.25, 0.3) is 5.91 Å². The number of aryl methyl sites for hydroxylation is 1. The number of rotatable bonds is 5. The lowest BCUT2D eigenvalue weighted by Crippen LogP contribution is -2.13. The van der Waals surface area contributed by atoms with E-state index in [9.17, 15) is 14.0 Å². The van der Waals surface area contributed by atoms with Crippen LogP contribution in [-0.2, 0) is 0 Å². The third-order valence-corrected chi connectivity index (χ3v) is 5.89. The zero-order chi connectivity index (χ0) is 22.1. The number of hydrogen-bond acceptors (Lipinski definition) is 6. The SMILES string of the molecule is CC(=O)c1sc(NC(=O)c2c(-c3c(F)cccc3Cl)noc2C)nc1-c1ccccc1. The maximum atomic E-state index is 14.4. The van der Waals surface area contributed by atoms with Gasteiger partial charge < -0.3 is 4.52 Å². The number of anilines is 1. The molecule has 0 atom stereocenters. The van der Waals surface area contributed by atoms with E-state index in [4.69, 9.17) is 16.1 Å². The third-order valence-electron chi connectivity index (χ3n) is 4.50. The summed E-state index contributed by atoms with van der Waals surface area (Å²) < 4.78 is 19.6. The summed E-state index contributed by atoms with van der Waals surface area (Å²) in [6.45, 7) is 2.98. The van der Waals surface area contributed by atoms with E-state index in [0.717, 1.165) is 16.9 Å². The van der Waals surface area contributed by atoms with E-state index >= 15 is 0 Å². The molecule has 0 saturated carbocycles. The van der Waals surface area contributed by atoms with E-state index in [-0.39, 0.29) is 38.5 Å². The summed E-state index contributed by atoms with van der Waals surface area (Å²) in [5, 5.41) is 6.83. The smallest absolute Gasteiger partial charge is 0.263 e. The van der Waals surface area contributed by atoms with Crippen LogP contribution in [0, 0.1) is 12.7 Å². The molecule has 31 heavy (non-hydrogen) atoms. The zero-order valence-corrected chi connectivity index (χ0v) is 18.0. The van der Waals surface area contributed by atoms with Crippen LogP contribution in [0.3, 0.4) is 0 Å². The van der Waals surface area contributed by atoms with Crippen molar-refractivity contribution in [3.05, 3.63) is 75.6 Å². The highest BCUT2D eigenvalue weighted by molar-refractivity contribution is 7.18. The van der Waals surface area contributed by atoms with Crippen LogP contribution in [0.5, 0.6) is 0 Å². The van der Waals surface area contributed by atoms with Gasteiger partial charge >= 0.3 is 0 Å². The fourth-order valence-electron chi connectivity index (χ4n) is 3.10. The molecule has 0 aliphatic carbocycles. The lowest BCUT2D eigenvalue weighted by atomic mass is 10.1. The number of nitrogens with one attached hydrogen (secondary N) is 1. The summed E-state index contributed by atoms with van der Waals surface area (Å²) in [4.78, 5) is 30.0. The van der Waals surface area contributed by atoms with Crippen LogP contribution in [-0.4, -0.2) is 21.8 Å². The first-order chi connectivity index (χ1) is 14.9. The number of amides is 1. The number of benzene rings is 2. The van der Waals surface area contributed by atoms with Crippen molar-refractivity contribution in [1.29, 1.82) is 0 Å². The van der Waals surface area contributed by atoms with Gasteiger partial charge in [-0.25, -0.2) is 9.37 Å². The number of carbonyl (C=O) groups is 2. The molecule has 0 unspecified atom stereocenters.